The third-order valence-electron chi connectivity index (χ3n) is 2.79. The Morgan fingerprint density at radius 1 is 1.42 bits per heavy atom. The SMILES string of the molecule is C=C/C(OCC(F)(F)F)=C(\C=[NH+]\OC)C1(F)CCC1. The Labute approximate surface area is 108 Å². The van der Waals surface area contributed by atoms with Crippen LogP contribution in [0.4, 0.5) is 17.6 Å². The van der Waals surface area contributed by atoms with E-state index in [1.807, 2.05) is 0 Å². The molecule has 0 heterocycles. The Morgan fingerprint density at radius 2 is 2.05 bits per heavy atom. The van der Waals surface area contributed by atoms with Gasteiger partial charge in [0.15, 0.2) is 6.61 Å². The van der Waals surface area contributed by atoms with Crippen molar-refractivity contribution in [2.75, 3.05) is 13.7 Å². The first-order chi connectivity index (χ1) is 8.82. The minimum atomic E-state index is -4.49. The van der Waals surface area contributed by atoms with Gasteiger partial charge in [0.2, 0.25) is 6.21 Å². The van der Waals surface area contributed by atoms with Crippen LogP contribution in [0.15, 0.2) is 24.0 Å². The van der Waals surface area contributed by atoms with Crippen molar-refractivity contribution in [1.82, 2.24) is 0 Å². The molecule has 1 N–H and O–H groups in total. The van der Waals surface area contributed by atoms with Crippen LogP contribution in [0, 0.1) is 0 Å². The van der Waals surface area contributed by atoms with Crippen LogP contribution in [0.2, 0.25) is 0 Å². The number of nitrogens with one attached hydrogen (secondary N) is 1. The monoisotopic (exact) mass is 282 g/mol. The van der Waals surface area contributed by atoms with Gasteiger partial charge in [-0.05, 0) is 30.5 Å². The maximum atomic E-state index is 14.4. The van der Waals surface area contributed by atoms with E-state index in [-0.39, 0.29) is 24.2 Å². The quantitative estimate of drug-likeness (QED) is 0.264. The van der Waals surface area contributed by atoms with E-state index in [9.17, 15) is 17.6 Å². The molecule has 0 saturated heterocycles. The summed E-state index contributed by atoms with van der Waals surface area (Å²) in [5.41, 5.74) is -1.71. The zero-order valence-corrected chi connectivity index (χ0v) is 10.5. The molecule has 0 aliphatic heterocycles. The summed E-state index contributed by atoms with van der Waals surface area (Å²) in [4.78, 5) is 4.56. The number of hydrogen-bond donors (Lipinski definition) is 1. The van der Waals surface area contributed by atoms with Gasteiger partial charge in [-0.15, -0.1) is 0 Å². The van der Waals surface area contributed by atoms with Gasteiger partial charge in [-0.25, -0.2) is 4.39 Å². The highest BCUT2D eigenvalue weighted by molar-refractivity contribution is 5.78. The lowest BCUT2D eigenvalue weighted by atomic mass is 9.76. The molecular weight excluding hydrogens is 266 g/mol. The molecule has 1 rings (SSSR count). The molecule has 0 unspecified atom stereocenters. The van der Waals surface area contributed by atoms with Gasteiger partial charge in [0.25, 0.3) is 0 Å². The molecule has 3 nitrogen and oxygen atoms in total. The zero-order chi connectivity index (χ0) is 14.5. The van der Waals surface area contributed by atoms with E-state index < -0.39 is 18.5 Å². The fraction of sp³-hybridized carbons (Fsp3) is 0.583. The summed E-state index contributed by atoms with van der Waals surface area (Å²) in [6.45, 7) is 1.87. The minimum absolute atomic E-state index is 0.0140. The molecule has 0 aromatic carbocycles. The number of halogens is 4. The Bertz CT molecular complexity index is 384. The number of allylic oxidation sites excluding steroid dienone is 2. The van der Waals surface area contributed by atoms with Gasteiger partial charge in [0.1, 0.15) is 18.5 Å². The van der Waals surface area contributed by atoms with E-state index in [1.54, 1.807) is 0 Å². The van der Waals surface area contributed by atoms with Gasteiger partial charge in [0.05, 0.1) is 5.57 Å². The predicted octanol–water partition coefficient (Wildman–Crippen LogP) is 1.61. The molecular formula is C12H16F4NO2+. The molecule has 108 valence electrons. The Morgan fingerprint density at radius 3 is 2.42 bits per heavy atom. The Balaban J connectivity index is 2.97. The number of rotatable bonds is 6. The van der Waals surface area contributed by atoms with Crippen LogP contribution in [0.3, 0.4) is 0 Å². The number of hydrogen-bond acceptors (Lipinski definition) is 2. The largest absolute Gasteiger partial charge is 0.483 e. The van der Waals surface area contributed by atoms with Crippen molar-refractivity contribution in [3.63, 3.8) is 0 Å². The molecule has 1 fully saturated rings. The van der Waals surface area contributed by atoms with Crippen LogP contribution >= 0.6 is 0 Å². The van der Waals surface area contributed by atoms with Gasteiger partial charge in [0, 0.05) is 0 Å². The van der Waals surface area contributed by atoms with E-state index >= 15 is 0 Å². The van der Waals surface area contributed by atoms with E-state index in [0.29, 0.717) is 6.42 Å². The second kappa shape index (κ2) is 6.08. The van der Waals surface area contributed by atoms with Gasteiger partial charge in [-0.1, -0.05) is 6.58 Å². The molecule has 19 heavy (non-hydrogen) atoms. The highest BCUT2D eigenvalue weighted by Crippen LogP contribution is 2.42. The number of ether oxygens (including phenoxy) is 1. The minimum Gasteiger partial charge on any atom is -0.483 e. The summed E-state index contributed by atoms with van der Waals surface area (Å²) >= 11 is 0. The Hall–Kier alpha value is -1.53. The summed E-state index contributed by atoms with van der Waals surface area (Å²) in [5, 5.41) is 2.30. The van der Waals surface area contributed by atoms with Crippen molar-refractivity contribution in [3.05, 3.63) is 24.0 Å². The van der Waals surface area contributed by atoms with Gasteiger partial charge in [-0.2, -0.15) is 13.2 Å². The molecule has 0 atom stereocenters. The van der Waals surface area contributed by atoms with Crippen molar-refractivity contribution in [3.8, 4) is 0 Å². The standard InChI is InChI=1S/C12H15F4NO2/c1-3-10(19-8-12(14,15)16)9(7-17-18-2)11(13)5-4-6-11/h3,7H,1,4-6,8H2,2H3/p+1/b10-9-,17-7+. The first-order valence-electron chi connectivity index (χ1n) is 5.70. The molecule has 1 saturated carbocycles. The molecule has 0 aromatic rings. The maximum Gasteiger partial charge on any atom is 0.422 e. The van der Waals surface area contributed by atoms with Crippen LogP contribution in [-0.2, 0) is 9.57 Å². The summed E-state index contributed by atoms with van der Waals surface area (Å²) in [5.74, 6) is -0.232. The highest BCUT2D eigenvalue weighted by atomic mass is 19.4. The third kappa shape index (κ3) is 4.25. The van der Waals surface area contributed by atoms with Gasteiger partial charge < -0.3 is 4.74 Å². The molecule has 0 amide bonds. The van der Waals surface area contributed by atoms with Crippen LogP contribution < -0.4 is 5.16 Å². The fourth-order valence-electron chi connectivity index (χ4n) is 1.70. The lowest BCUT2D eigenvalue weighted by molar-refractivity contribution is -0.740. The van der Waals surface area contributed by atoms with Crippen LogP contribution in [-0.4, -0.2) is 31.8 Å². The maximum absolute atomic E-state index is 14.4. The second-order valence-corrected chi connectivity index (χ2v) is 4.17. The van der Waals surface area contributed by atoms with Gasteiger partial charge >= 0.3 is 6.18 Å². The molecule has 7 heteroatoms. The first kappa shape index (κ1) is 15.5. The molecule has 0 radical (unpaired) electrons. The summed E-state index contributed by atoms with van der Waals surface area (Å²) in [6.07, 6.45) is -1.13. The normalized spacial score (nSPS) is 19.6. The molecule has 1 aliphatic carbocycles. The molecule has 0 spiro atoms. The summed E-state index contributed by atoms with van der Waals surface area (Å²) in [6, 6.07) is 0. The Kier molecular flexibility index (Phi) is 4.97. The second-order valence-electron chi connectivity index (χ2n) is 4.17. The lowest BCUT2D eigenvalue weighted by Gasteiger charge is -2.34. The highest BCUT2D eigenvalue weighted by Gasteiger charge is 2.44. The fourth-order valence-corrected chi connectivity index (χ4v) is 1.70. The summed E-state index contributed by atoms with van der Waals surface area (Å²) in [7, 11) is 1.31. The average Bonchev–Trinajstić information content (AvgIpc) is 2.29. The van der Waals surface area contributed by atoms with E-state index in [0.717, 1.165) is 12.3 Å². The molecule has 0 aromatic heterocycles. The van der Waals surface area contributed by atoms with Crippen molar-refractivity contribution >= 4 is 6.21 Å². The van der Waals surface area contributed by atoms with Crippen molar-refractivity contribution < 1.29 is 32.3 Å². The van der Waals surface area contributed by atoms with E-state index in [4.69, 9.17) is 0 Å². The van der Waals surface area contributed by atoms with Crippen LogP contribution in [0.1, 0.15) is 19.3 Å². The van der Waals surface area contributed by atoms with E-state index in [2.05, 4.69) is 21.3 Å². The van der Waals surface area contributed by atoms with Crippen molar-refractivity contribution in [2.24, 2.45) is 0 Å². The summed E-state index contributed by atoms with van der Waals surface area (Å²) < 4.78 is 55.4. The van der Waals surface area contributed by atoms with Crippen molar-refractivity contribution in [2.45, 2.75) is 31.1 Å². The van der Waals surface area contributed by atoms with E-state index in [1.165, 1.54) is 7.11 Å². The topological polar surface area (TPSA) is 32.4 Å². The van der Waals surface area contributed by atoms with Gasteiger partial charge in [-0.3, -0.25) is 4.84 Å². The lowest BCUT2D eigenvalue weighted by Crippen LogP contribution is -2.68. The predicted molar refractivity (Wildman–Crippen MR) is 61.0 cm³/mol. The third-order valence-corrected chi connectivity index (χ3v) is 2.79. The smallest absolute Gasteiger partial charge is 0.422 e. The molecule has 1 aliphatic rings. The van der Waals surface area contributed by atoms with Crippen molar-refractivity contribution in [1.29, 1.82) is 0 Å². The number of alkyl halides is 4. The first-order valence-corrected chi connectivity index (χ1v) is 5.70. The van der Waals surface area contributed by atoms with Crippen LogP contribution in [0.25, 0.3) is 0 Å². The van der Waals surface area contributed by atoms with Crippen LogP contribution in [0.5, 0.6) is 0 Å². The molecule has 0 bridgehead atoms. The average molecular weight is 282 g/mol. The zero-order valence-electron chi connectivity index (χ0n) is 10.5.